The summed E-state index contributed by atoms with van der Waals surface area (Å²) < 4.78 is 17.9. The SMILES string of the molecule is CCOc1cccc2c1OC(c1ccc(SC)cc1)N1NC(c3cccc(OC)c3)=CC21. The maximum Gasteiger partial charge on any atom is 0.196 e. The Kier molecular flexibility index (Phi) is 5.72. The van der Waals surface area contributed by atoms with Gasteiger partial charge in [-0.05, 0) is 49.6 Å². The second kappa shape index (κ2) is 8.81. The number of hydrogen-bond acceptors (Lipinski definition) is 6. The van der Waals surface area contributed by atoms with Crippen LogP contribution in [0.2, 0.25) is 0 Å². The highest BCUT2D eigenvalue weighted by Gasteiger charge is 2.41. The van der Waals surface area contributed by atoms with Gasteiger partial charge < -0.3 is 19.6 Å². The van der Waals surface area contributed by atoms with E-state index in [0.717, 1.165) is 39.6 Å². The number of nitrogens with zero attached hydrogens (tertiary/aromatic N) is 1. The molecule has 164 valence electrons. The molecule has 0 bridgehead atoms. The zero-order valence-corrected chi connectivity index (χ0v) is 19.2. The Balaban J connectivity index is 1.59. The van der Waals surface area contributed by atoms with Crippen LogP contribution in [0.25, 0.3) is 5.70 Å². The van der Waals surface area contributed by atoms with E-state index < -0.39 is 0 Å². The Labute approximate surface area is 193 Å². The van der Waals surface area contributed by atoms with Crippen molar-refractivity contribution in [1.29, 1.82) is 0 Å². The van der Waals surface area contributed by atoms with Crippen molar-refractivity contribution in [3.8, 4) is 17.2 Å². The second-order valence-electron chi connectivity index (χ2n) is 7.63. The zero-order chi connectivity index (χ0) is 22.1. The van der Waals surface area contributed by atoms with Crippen LogP contribution < -0.4 is 19.6 Å². The summed E-state index contributed by atoms with van der Waals surface area (Å²) in [6, 6.07) is 22.7. The molecule has 2 unspecified atom stereocenters. The highest BCUT2D eigenvalue weighted by atomic mass is 32.2. The minimum absolute atomic E-state index is 0.00517. The lowest BCUT2D eigenvalue weighted by Crippen LogP contribution is -2.43. The lowest BCUT2D eigenvalue weighted by Gasteiger charge is -2.39. The summed E-state index contributed by atoms with van der Waals surface area (Å²) >= 11 is 1.73. The summed E-state index contributed by atoms with van der Waals surface area (Å²) in [5, 5.41) is 2.17. The molecule has 0 amide bonds. The van der Waals surface area contributed by atoms with Crippen LogP contribution in [0.1, 0.15) is 35.9 Å². The molecule has 0 aromatic heterocycles. The van der Waals surface area contributed by atoms with Gasteiger partial charge in [-0.1, -0.05) is 36.4 Å². The Morgan fingerprint density at radius 1 is 1.06 bits per heavy atom. The van der Waals surface area contributed by atoms with E-state index in [2.05, 4.69) is 59.2 Å². The summed E-state index contributed by atoms with van der Waals surface area (Å²) in [4.78, 5) is 1.22. The molecule has 0 fully saturated rings. The third-order valence-electron chi connectivity index (χ3n) is 5.77. The fourth-order valence-electron chi connectivity index (χ4n) is 4.21. The second-order valence-corrected chi connectivity index (χ2v) is 8.51. The minimum atomic E-state index is -0.302. The molecule has 0 saturated carbocycles. The van der Waals surface area contributed by atoms with E-state index in [9.17, 15) is 0 Å². The molecular formula is C26H26N2O3S. The van der Waals surface area contributed by atoms with Gasteiger partial charge in [-0.15, -0.1) is 11.8 Å². The van der Waals surface area contributed by atoms with Crippen molar-refractivity contribution in [2.45, 2.75) is 24.1 Å². The monoisotopic (exact) mass is 446 g/mol. The number of hydrogen-bond donors (Lipinski definition) is 1. The van der Waals surface area contributed by atoms with E-state index >= 15 is 0 Å². The largest absolute Gasteiger partial charge is 0.497 e. The lowest BCUT2D eigenvalue weighted by molar-refractivity contribution is -0.0346. The third-order valence-corrected chi connectivity index (χ3v) is 6.51. The van der Waals surface area contributed by atoms with Crippen LogP contribution in [0.3, 0.4) is 0 Å². The van der Waals surface area contributed by atoms with Crippen molar-refractivity contribution in [3.05, 3.63) is 89.5 Å². The van der Waals surface area contributed by atoms with Crippen LogP contribution >= 0.6 is 11.8 Å². The summed E-state index contributed by atoms with van der Waals surface area (Å²) in [7, 11) is 1.69. The van der Waals surface area contributed by atoms with Gasteiger partial charge >= 0.3 is 0 Å². The molecule has 2 aliphatic heterocycles. The molecule has 2 atom stereocenters. The molecule has 1 N–H and O–H groups in total. The van der Waals surface area contributed by atoms with Crippen molar-refractivity contribution in [2.24, 2.45) is 0 Å². The van der Waals surface area contributed by atoms with Gasteiger partial charge in [-0.2, -0.15) is 5.01 Å². The molecule has 3 aromatic rings. The average Bonchev–Trinajstić information content (AvgIpc) is 3.30. The third kappa shape index (κ3) is 3.70. The molecule has 0 aliphatic carbocycles. The molecule has 0 spiro atoms. The van der Waals surface area contributed by atoms with Gasteiger partial charge in [-0.25, -0.2) is 0 Å². The summed E-state index contributed by atoms with van der Waals surface area (Å²) in [6.45, 7) is 2.58. The van der Waals surface area contributed by atoms with Crippen LogP contribution in [-0.2, 0) is 0 Å². The quantitative estimate of drug-likeness (QED) is 0.482. The normalized spacial score (nSPS) is 19.3. The van der Waals surface area contributed by atoms with Crippen LogP contribution in [0, 0.1) is 0 Å². The van der Waals surface area contributed by atoms with E-state index in [1.54, 1.807) is 18.9 Å². The van der Waals surface area contributed by atoms with Crippen LogP contribution in [0.5, 0.6) is 17.2 Å². The number of fused-ring (bicyclic) bond motifs is 3. The Morgan fingerprint density at radius 3 is 2.62 bits per heavy atom. The molecule has 2 heterocycles. The van der Waals surface area contributed by atoms with Crippen LogP contribution in [0.15, 0.2) is 77.7 Å². The summed E-state index contributed by atoms with van der Waals surface area (Å²) in [6.07, 6.45) is 4.03. The van der Waals surface area contributed by atoms with E-state index in [4.69, 9.17) is 14.2 Å². The number of rotatable bonds is 6. The van der Waals surface area contributed by atoms with Gasteiger partial charge in [0.1, 0.15) is 5.75 Å². The molecule has 6 heteroatoms. The maximum atomic E-state index is 6.59. The van der Waals surface area contributed by atoms with E-state index in [-0.39, 0.29) is 12.3 Å². The minimum Gasteiger partial charge on any atom is -0.497 e. The number of hydrazine groups is 1. The number of nitrogens with one attached hydrogen (secondary N) is 1. The summed E-state index contributed by atoms with van der Waals surface area (Å²) in [5.74, 6) is 2.41. The fraction of sp³-hybridized carbons (Fsp3) is 0.231. The fourth-order valence-corrected chi connectivity index (χ4v) is 4.61. The van der Waals surface area contributed by atoms with Crippen molar-refractivity contribution in [1.82, 2.24) is 10.4 Å². The molecular weight excluding hydrogens is 420 g/mol. The topological polar surface area (TPSA) is 43.0 Å². The Morgan fingerprint density at radius 2 is 1.88 bits per heavy atom. The molecule has 5 nitrogen and oxygen atoms in total. The zero-order valence-electron chi connectivity index (χ0n) is 18.4. The standard InChI is InChI=1S/C26H26N2O3S/c1-4-30-24-10-6-9-21-23-16-22(18-7-5-8-19(15-18)29-2)27-28(23)26(31-25(21)24)17-11-13-20(32-3)14-12-17/h5-16,23,26-27H,4H2,1-3H3. The van der Waals surface area contributed by atoms with Crippen molar-refractivity contribution in [2.75, 3.05) is 20.0 Å². The molecule has 5 rings (SSSR count). The van der Waals surface area contributed by atoms with Crippen molar-refractivity contribution in [3.63, 3.8) is 0 Å². The first-order chi connectivity index (χ1) is 15.7. The smallest absolute Gasteiger partial charge is 0.196 e. The number of methoxy groups -OCH3 is 1. The highest BCUT2D eigenvalue weighted by molar-refractivity contribution is 7.98. The van der Waals surface area contributed by atoms with E-state index in [0.29, 0.717) is 6.61 Å². The van der Waals surface area contributed by atoms with Gasteiger partial charge in [0.05, 0.1) is 25.5 Å². The molecule has 2 aliphatic rings. The van der Waals surface area contributed by atoms with Crippen LogP contribution in [0.4, 0.5) is 0 Å². The van der Waals surface area contributed by atoms with Crippen molar-refractivity contribution < 1.29 is 14.2 Å². The van der Waals surface area contributed by atoms with Gasteiger partial charge in [-0.3, -0.25) is 0 Å². The molecule has 32 heavy (non-hydrogen) atoms. The lowest BCUT2D eigenvalue weighted by atomic mass is 10.00. The van der Waals surface area contributed by atoms with Crippen molar-refractivity contribution >= 4 is 17.5 Å². The first kappa shape index (κ1) is 20.8. The first-order valence-electron chi connectivity index (χ1n) is 10.7. The van der Waals surface area contributed by atoms with E-state index in [1.165, 1.54) is 4.90 Å². The van der Waals surface area contributed by atoms with Gasteiger partial charge in [0, 0.05) is 21.6 Å². The Bertz CT molecular complexity index is 1150. The first-order valence-corrected chi connectivity index (χ1v) is 11.9. The Hall–Kier alpha value is -3.09. The molecule has 3 aromatic carbocycles. The number of benzene rings is 3. The van der Waals surface area contributed by atoms with Gasteiger partial charge in [0.2, 0.25) is 0 Å². The van der Waals surface area contributed by atoms with E-state index in [1.807, 2.05) is 37.3 Å². The predicted molar refractivity (Wildman–Crippen MR) is 128 cm³/mol. The number of thioether (sulfide) groups is 1. The number of ether oxygens (including phenoxy) is 3. The number of para-hydroxylation sites is 1. The predicted octanol–water partition coefficient (Wildman–Crippen LogP) is 5.81. The van der Waals surface area contributed by atoms with Crippen LogP contribution in [-0.4, -0.2) is 25.0 Å². The molecule has 0 radical (unpaired) electrons. The maximum absolute atomic E-state index is 6.59. The average molecular weight is 447 g/mol. The summed E-state index contributed by atoms with van der Waals surface area (Å²) in [5.41, 5.74) is 7.85. The van der Waals surface area contributed by atoms with Gasteiger partial charge in [0.15, 0.2) is 17.7 Å². The highest BCUT2D eigenvalue weighted by Crippen LogP contribution is 2.49. The molecule has 0 saturated heterocycles. The van der Waals surface area contributed by atoms with Gasteiger partial charge in [0.25, 0.3) is 0 Å².